The summed E-state index contributed by atoms with van der Waals surface area (Å²) in [6, 6.07) is 7.58. The summed E-state index contributed by atoms with van der Waals surface area (Å²) in [4.78, 5) is 17.6. The molecule has 1 atom stereocenters. The van der Waals surface area contributed by atoms with Crippen molar-refractivity contribution in [2.75, 3.05) is 39.3 Å². The molecule has 0 radical (unpaired) electrons. The van der Waals surface area contributed by atoms with E-state index in [2.05, 4.69) is 26.4 Å². The standard InChI is InChI=1S/C27H40N4O3S/c1-4-24-25(22-10-8-20(2)9-11-22)35(33,34)29-26(24)31-17-12-23(13-18-31)27(32)28-14-6-16-30-15-5-7-21(3)19-30/h8-11,21,23H,4-7,12-19H2,1-3H3,(H,28,32)/t21-/m0/s1. The molecule has 3 heterocycles. The number of nitrogens with one attached hydrogen (secondary N) is 1. The molecule has 4 rings (SSSR count). The zero-order chi connectivity index (χ0) is 25.0. The van der Waals surface area contributed by atoms with Crippen molar-refractivity contribution in [3.63, 3.8) is 0 Å². The van der Waals surface area contributed by atoms with Crippen molar-refractivity contribution >= 4 is 26.7 Å². The molecule has 0 spiro atoms. The molecule has 1 aromatic rings. The van der Waals surface area contributed by atoms with Crippen molar-refractivity contribution in [2.45, 2.75) is 59.3 Å². The summed E-state index contributed by atoms with van der Waals surface area (Å²) in [5, 5.41) is 3.13. The third-order valence-corrected chi connectivity index (χ3v) is 8.94. The number of hydrogen-bond donors (Lipinski definition) is 1. The van der Waals surface area contributed by atoms with Crippen LogP contribution < -0.4 is 5.32 Å². The van der Waals surface area contributed by atoms with E-state index in [1.54, 1.807) is 0 Å². The molecule has 0 saturated carbocycles. The third-order valence-electron chi connectivity index (χ3n) is 7.53. The van der Waals surface area contributed by atoms with Crippen LogP contribution in [0.15, 0.2) is 34.2 Å². The Morgan fingerprint density at radius 1 is 1.11 bits per heavy atom. The topological polar surface area (TPSA) is 82.1 Å². The van der Waals surface area contributed by atoms with E-state index in [0.29, 0.717) is 48.7 Å². The highest BCUT2D eigenvalue weighted by Crippen LogP contribution is 2.36. The summed E-state index contributed by atoms with van der Waals surface area (Å²) in [6.45, 7) is 11.7. The zero-order valence-corrected chi connectivity index (χ0v) is 22.2. The maximum Gasteiger partial charge on any atom is 0.285 e. The van der Waals surface area contributed by atoms with Crippen molar-refractivity contribution in [3.05, 3.63) is 41.0 Å². The second kappa shape index (κ2) is 11.2. The van der Waals surface area contributed by atoms with Crippen molar-refractivity contribution < 1.29 is 13.2 Å². The monoisotopic (exact) mass is 500 g/mol. The van der Waals surface area contributed by atoms with Gasteiger partial charge in [0.1, 0.15) is 10.7 Å². The minimum atomic E-state index is -3.73. The number of piperidine rings is 2. The molecule has 0 aromatic heterocycles. The summed E-state index contributed by atoms with van der Waals surface area (Å²) < 4.78 is 30.2. The minimum absolute atomic E-state index is 0.0227. The lowest BCUT2D eigenvalue weighted by molar-refractivity contribution is -0.126. The molecule has 7 nitrogen and oxygen atoms in total. The number of hydrogen-bond acceptors (Lipinski definition) is 5. The molecule has 1 N–H and O–H groups in total. The van der Waals surface area contributed by atoms with Gasteiger partial charge in [-0.15, -0.1) is 4.40 Å². The lowest BCUT2D eigenvalue weighted by Crippen LogP contribution is -2.43. The van der Waals surface area contributed by atoms with Crippen molar-refractivity contribution in [1.82, 2.24) is 15.1 Å². The van der Waals surface area contributed by atoms with Crippen LogP contribution >= 0.6 is 0 Å². The Hall–Kier alpha value is -2.19. The van der Waals surface area contributed by atoms with E-state index in [1.807, 2.05) is 38.1 Å². The number of likely N-dealkylation sites (tertiary alicyclic amines) is 2. The van der Waals surface area contributed by atoms with Gasteiger partial charge in [-0.3, -0.25) is 4.79 Å². The van der Waals surface area contributed by atoms with Crippen molar-refractivity contribution in [3.8, 4) is 0 Å². The average molecular weight is 501 g/mol. The van der Waals surface area contributed by atoms with Gasteiger partial charge >= 0.3 is 0 Å². The molecular weight excluding hydrogens is 460 g/mol. The maximum atomic E-state index is 13.0. The Bertz CT molecular complexity index is 1070. The van der Waals surface area contributed by atoms with Crippen LogP contribution in [0.4, 0.5) is 0 Å². The molecule has 1 amide bonds. The Balaban J connectivity index is 1.30. The molecule has 3 aliphatic heterocycles. The van der Waals surface area contributed by atoms with Gasteiger partial charge in [-0.05, 0) is 70.0 Å². The van der Waals surface area contributed by atoms with Crippen LogP contribution in [0.5, 0.6) is 0 Å². The number of rotatable bonds is 7. The summed E-state index contributed by atoms with van der Waals surface area (Å²) >= 11 is 0. The highest BCUT2D eigenvalue weighted by atomic mass is 32.2. The van der Waals surface area contributed by atoms with Gasteiger partial charge in [0.2, 0.25) is 5.91 Å². The first-order valence-electron chi connectivity index (χ1n) is 13.2. The van der Waals surface area contributed by atoms with E-state index in [9.17, 15) is 13.2 Å². The van der Waals surface area contributed by atoms with Crippen molar-refractivity contribution in [2.24, 2.45) is 16.2 Å². The average Bonchev–Trinajstić information content (AvgIpc) is 3.12. The van der Waals surface area contributed by atoms with Gasteiger partial charge in [0.05, 0.1) is 0 Å². The molecular formula is C27H40N4O3S. The fourth-order valence-corrected chi connectivity index (χ4v) is 7.09. The predicted octanol–water partition coefficient (Wildman–Crippen LogP) is 3.81. The van der Waals surface area contributed by atoms with Crippen molar-refractivity contribution in [1.29, 1.82) is 0 Å². The second-order valence-corrected chi connectivity index (χ2v) is 11.9. The molecule has 8 heteroatoms. The Morgan fingerprint density at radius 3 is 2.49 bits per heavy atom. The number of amidine groups is 1. The molecule has 35 heavy (non-hydrogen) atoms. The maximum absolute atomic E-state index is 13.0. The molecule has 0 aliphatic carbocycles. The quantitative estimate of drug-likeness (QED) is 0.576. The molecule has 192 valence electrons. The summed E-state index contributed by atoms with van der Waals surface area (Å²) in [6.07, 6.45) is 5.61. The first-order chi connectivity index (χ1) is 16.8. The van der Waals surface area contributed by atoms with Crippen LogP contribution in [-0.4, -0.2) is 69.2 Å². The third kappa shape index (κ3) is 6.15. The normalized spacial score (nSPS) is 23.5. The Morgan fingerprint density at radius 2 is 1.83 bits per heavy atom. The van der Waals surface area contributed by atoms with Crippen LogP contribution in [0, 0.1) is 18.8 Å². The van der Waals surface area contributed by atoms with E-state index < -0.39 is 10.0 Å². The van der Waals surface area contributed by atoms with E-state index in [1.165, 1.54) is 25.9 Å². The van der Waals surface area contributed by atoms with Gasteiger partial charge in [-0.1, -0.05) is 43.7 Å². The minimum Gasteiger partial charge on any atom is -0.356 e. The van der Waals surface area contributed by atoms with Gasteiger partial charge < -0.3 is 15.1 Å². The molecule has 3 aliphatic rings. The van der Waals surface area contributed by atoms with E-state index >= 15 is 0 Å². The van der Waals surface area contributed by atoms with Gasteiger partial charge in [0.25, 0.3) is 10.0 Å². The molecule has 2 fully saturated rings. The van der Waals surface area contributed by atoms with Crippen LogP contribution in [0.3, 0.4) is 0 Å². The number of carbonyl (C=O) groups excluding carboxylic acids is 1. The van der Waals surface area contributed by atoms with Gasteiger partial charge in [-0.25, -0.2) is 0 Å². The lowest BCUT2D eigenvalue weighted by atomic mass is 9.94. The summed E-state index contributed by atoms with van der Waals surface area (Å²) in [5.41, 5.74) is 2.56. The smallest absolute Gasteiger partial charge is 0.285 e. The lowest BCUT2D eigenvalue weighted by Gasteiger charge is -2.33. The Kier molecular flexibility index (Phi) is 8.32. The number of amides is 1. The molecule has 0 bridgehead atoms. The fourth-order valence-electron chi connectivity index (χ4n) is 5.57. The largest absolute Gasteiger partial charge is 0.356 e. The first-order valence-corrected chi connectivity index (χ1v) is 14.6. The number of carbonyl (C=O) groups is 1. The van der Waals surface area contributed by atoms with Gasteiger partial charge in [0, 0.05) is 37.7 Å². The molecule has 2 saturated heterocycles. The van der Waals surface area contributed by atoms with E-state index in [0.717, 1.165) is 36.6 Å². The number of benzene rings is 1. The molecule has 0 unspecified atom stereocenters. The SMILES string of the molecule is CCC1=C(c2ccc(C)cc2)S(=O)(=O)N=C1N1CCC(C(=O)NCCCN2CCC[C@H](C)C2)CC1. The predicted molar refractivity (Wildman–Crippen MR) is 142 cm³/mol. The second-order valence-electron chi connectivity index (χ2n) is 10.4. The number of aryl methyl sites for hydroxylation is 1. The number of sulfonamides is 1. The highest BCUT2D eigenvalue weighted by Gasteiger charge is 2.36. The first kappa shape index (κ1) is 25.9. The zero-order valence-electron chi connectivity index (χ0n) is 21.4. The van der Waals surface area contributed by atoms with Crippen LogP contribution in [0.2, 0.25) is 0 Å². The van der Waals surface area contributed by atoms with Crippen LogP contribution in [-0.2, 0) is 14.8 Å². The number of nitrogens with zero attached hydrogens (tertiary/aromatic N) is 3. The van der Waals surface area contributed by atoms with Gasteiger partial charge in [0.15, 0.2) is 0 Å². The van der Waals surface area contributed by atoms with Crippen LogP contribution in [0.1, 0.15) is 63.5 Å². The summed E-state index contributed by atoms with van der Waals surface area (Å²) in [5.74, 6) is 1.45. The highest BCUT2D eigenvalue weighted by molar-refractivity contribution is 8.00. The Labute approximate surface area is 210 Å². The summed E-state index contributed by atoms with van der Waals surface area (Å²) in [7, 11) is -3.73. The molecule has 1 aromatic carbocycles. The van der Waals surface area contributed by atoms with E-state index in [-0.39, 0.29) is 11.8 Å². The fraction of sp³-hybridized carbons (Fsp3) is 0.630. The van der Waals surface area contributed by atoms with Gasteiger partial charge in [-0.2, -0.15) is 8.42 Å². The van der Waals surface area contributed by atoms with Crippen LogP contribution in [0.25, 0.3) is 4.91 Å². The van der Waals surface area contributed by atoms with E-state index in [4.69, 9.17) is 0 Å².